The lowest BCUT2D eigenvalue weighted by Crippen LogP contribution is -2.25. The van der Waals surface area contributed by atoms with Crippen molar-refractivity contribution in [3.8, 4) is 0 Å². The van der Waals surface area contributed by atoms with Crippen LogP contribution in [0, 0.1) is 0 Å². The molecule has 1 unspecified atom stereocenters. The molecule has 2 aromatic heterocycles. The Kier molecular flexibility index (Phi) is 8.31. The molecule has 0 aliphatic carbocycles. The monoisotopic (exact) mass is 491 g/mol. The smallest absolute Gasteiger partial charge is 0.431 e. The minimum atomic E-state index is -4.16. The molecule has 1 aliphatic heterocycles. The highest BCUT2D eigenvalue weighted by Gasteiger charge is 2.37. The van der Waals surface area contributed by atoms with Gasteiger partial charge in [-0.2, -0.15) is 0 Å². The number of nitrogens with two attached hydrogens (primary N) is 1. The van der Waals surface area contributed by atoms with Crippen LogP contribution in [0.15, 0.2) is 12.7 Å². The number of carbonyl (C=O) groups is 1. The second kappa shape index (κ2) is 10.8. The minimum Gasteiger partial charge on any atom is -0.431 e. The highest BCUT2D eigenvalue weighted by atomic mass is 32.7. The summed E-state index contributed by atoms with van der Waals surface area (Å²) in [5.74, 6) is -0.206. The molecular formula is C17H26N5O8PS. The van der Waals surface area contributed by atoms with E-state index in [1.807, 2.05) is 13.8 Å². The molecule has 1 fully saturated rings. The molecule has 0 saturated carbocycles. The normalized spacial score (nSPS) is 22.8. The van der Waals surface area contributed by atoms with E-state index in [0.29, 0.717) is 35.4 Å². The SMILES string of the molecule is CCC(CC)OC(=O)OCSP(=O)(O)OC[C@H]1O[C@@H](n2cnc3c(N)ncnc32)C[C@@H]1O. The van der Waals surface area contributed by atoms with Gasteiger partial charge in [-0.1, -0.05) is 13.8 Å². The first-order valence-electron chi connectivity index (χ1n) is 9.95. The number of fused-ring (bicyclic) bond motifs is 1. The van der Waals surface area contributed by atoms with E-state index in [-0.39, 0.29) is 24.9 Å². The molecule has 1 aliphatic rings. The van der Waals surface area contributed by atoms with Crippen LogP contribution in [0.25, 0.3) is 11.2 Å². The predicted molar refractivity (Wildman–Crippen MR) is 114 cm³/mol. The number of nitrogens with zero attached hydrogens (tertiary/aromatic N) is 4. The van der Waals surface area contributed by atoms with Gasteiger partial charge in [0.1, 0.15) is 30.3 Å². The number of carbonyl (C=O) groups excluding carboxylic acids is 1. The van der Waals surface area contributed by atoms with Crippen LogP contribution in [0.2, 0.25) is 0 Å². The van der Waals surface area contributed by atoms with Gasteiger partial charge in [0.05, 0.1) is 19.0 Å². The van der Waals surface area contributed by atoms with Gasteiger partial charge in [-0.05, 0) is 12.8 Å². The van der Waals surface area contributed by atoms with Crippen molar-refractivity contribution >= 4 is 41.3 Å². The summed E-state index contributed by atoms with van der Waals surface area (Å²) in [7, 11) is 0. The second-order valence-corrected chi connectivity index (χ2v) is 10.8. The van der Waals surface area contributed by atoms with Crippen LogP contribution in [0.5, 0.6) is 0 Å². The summed E-state index contributed by atoms with van der Waals surface area (Å²) in [6, 6.07) is 0. The zero-order chi connectivity index (χ0) is 23.3. The van der Waals surface area contributed by atoms with Crippen molar-refractivity contribution in [2.24, 2.45) is 0 Å². The summed E-state index contributed by atoms with van der Waals surface area (Å²) < 4.78 is 34.5. The van der Waals surface area contributed by atoms with Crippen molar-refractivity contribution in [3.05, 3.63) is 12.7 Å². The number of ether oxygens (including phenoxy) is 3. The summed E-state index contributed by atoms with van der Waals surface area (Å²) in [5, 5.41) is 10.3. The summed E-state index contributed by atoms with van der Waals surface area (Å²) in [6.07, 6.45) is 0.621. The number of hydrogen-bond donors (Lipinski definition) is 3. The lowest BCUT2D eigenvalue weighted by molar-refractivity contribution is -0.0388. The van der Waals surface area contributed by atoms with Crippen molar-refractivity contribution in [2.45, 2.75) is 57.6 Å². The number of nitrogen functional groups attached to an aromatic ring is 1. The lowest BCUT2D eigenvalue weighted by atomic mass is 10.2. The van der Waals surface area contributed by atoms with Crippen LogP contribution in [0.4, 0.5) is 10.6 Å². The average molecular weight is 491 g/mol. The first-order valence-corrected chi connectivity index (χ1v) is 13.1. The molecular weight excluding hydrogens is 465 g/mol. The summed E-state index contributed by atoms with van der Waals surface area (Å²) in [4.78, 5) is 33.7. The van der Waals surface area contributed by atoms with Gasteiger partial charge in [-0.25, -0.2) is 24.3 Å². The molecule has 0 spiro atoms. The van der Waals surface area contributed by atoms with E-state index in [1.165, 1.54) is 12.7 Å². The Morgan fingerprint density at radius 1 is 1.41 bits per heavy atom. The number of aromatic nitrogens is 4. The zero-order valence-electron chi connectivity index (χ0n) is 17.6. The van der Waals surface area contributed by atoms with Crippen LogP contribution < -0.4 is 5.73 Å². The van der Waals surface area contributed by atoms with E-state index in [1.54, 1.807) is 4.57 Å². The van der Waals surface area contributed by atoms with E-state index >= 15 is 0 Å². The number of aliphatic hydroxyl groups is 1. The van der Waals surface area contributed by atoms with E-state index < -0.39 is 37.3 Å². The highest BCUT2D eigenvalue weighted by Crippen LogP contribution is 2.56. The Bertz CT molecular complexity index is 974. The van der Waals surface area contributed by atoms with Gasteiger partial charge in [-0.3, -0.25) is 9.09 Å². The number of hydrogen-bond acceptors (Lipinski definition) is 12. The maximum Gasteiger partial charge on any atom is 0.509 e. The second-order valence-electron chi connectivity index (χ2n) is 6.98. The Balaban J connectivity index is 1.48. The third kappa shape index (κ3) is 6.09. The van der Waals surface area contributed by atoms with E-state index in [0.717, 1.165) is 0 Å². The van der Waals surface area contributed by atoms with Crippen LogP contribution in [0.3, 0.4) is 0 Å². The molecule has 32 heavy (non-hydrogen) atoms. The third-order valence-electron chi connectivity index (χ3n) is 4.87. The van der Waals surface area contributed by atoms with Gasteiger partial charge in [0.2, 0.25) is 0 Å². The first-order chi connectivity index (χ1) is 15.2. The van der Waals surface area contributed by atoms with E-state index in [4.69, 9.17) is 24.5 Å². The summed E-state index contributed by atoms with van der Waals surface area (Å²) in [5.41, 5.74) is 6.63. The molecule has 178 valence electrons. The molecule has 4 atom stereocenters. The molecule has 13 nitrogen and oxygen atoms in total. The number of imidazole rings is 1. The third-order valence-corrected chi connectivity index (χ3v) is 7.51. The van der Waals surface area contributed by atoms with Gasteiger partial charge in [0.15, 0.2) is 17.4 Å². The van der Waals surface area contributed by atoms with Gasteiger partial charge in [0, 0.05) is 17.8 Å². The van der Waals surface area contributed by atoms with Gasteiger partial charge >= 0.3 is 13.0 Å². The van der Waals surface area contributed by atoms with E-state index in [9.17, 15) is 19.4 Å². The Morgan fingerprint density at radius 2 is 2.16 bits per heavy atom. The lowest BCUT2D eigenvalue weighted by Gasteiger charge is -2.18. The summed E-state index contributed by atoms with van der Waals surface area (Å²) in [6.45, 7) is -0.773. The minimum absolute atomic E-state index is 0.192. The zero-order valence-corrected chi connectivity index (χ0v) is 19.3. The number of aliphatic hydroxyl groups excluding tert-OH is 1. The van der Waals surface area contributed by atoms with Gasteiger partial charge in [0.25, 0.3) is 0 Å². The Hall–Kier alpha value is -1.96. The van der Waals surface area contributed by atoms with Crippen LogP contribution in [-0.4, -0.2) is 66.5 Å². The molecule has 3 rings (SSSR count). The quantitative estimate of drug-likeness (QED) is 0.250. The maximum atomic E-state index is 12.2. The standard InChI is InChI=1S/C17H26N5O8PS/c1-3-10(4-2)29-17(24)27-9-32-31(25,26)28-6-12-11(23)5-13(30-12)22-8-21-14-15(18)19-7-20-16(14)22/h7-8,10-13,23H,3-6,9H2,1-2H3,(H,25,26)(H2,18,19,20)/t11-,12+,13+/m0/s1. The molecule has 0 aromatic carbocycles. The average Bonchev–Trinajstić information content (AvgIpc) is 3.34. The van der Waals surface area contributed by atoms with Crippen molar-refractivity contribution in [2.75, 3.05) is 18.3 Å². The number of anilines is 1. The van der Waals surface area contributed by atoms with Crippen LogP contribution in [0.1, 0.15) is 39.3 Å². The molecule has 4 N–H and O–H groups in total. The fraction of sp³-hybridized carbons (Fsp3) is 0.647. The molecule has 2 aromatic rings. The van der Waals surface area contributed by atoms with E-state index in [2.05, 4.69) is 15.0 Å². The maximum absolute atomic E-state index is 12.2. The largest absolute Gasteiger partial charge is 0.509 e. The fourth-order valence-electron chi connectivity index (χ4n) is 3.09. The molecule has 3 heterocycles. The van der Waals surface area contributed by atoms with Crippen LogP contribution in [-0.2, 0) is 23.3 Å². The fourth-order valence-corrected chi connectivity index (χ4v) is 4.74. The molecule has 15 heteroatoms. The van der Waals surface area contributed by atoms with Crippen molar-refractivity contribution in [3.63, 3.8) is 0 Å². The molecule has 0 bridgehead atoms. The molecule has 0 radical (unpaired) electrons. The first kappa shape index (κ1) is 24.7. The Morgan fingerprint density at radius 3 is 2.88 bits per heavy atom. The molecule has 0 amide bonds. The van der Waals surface area contributed by atoms with Crippen molar-refractivity contribution in [1.29, 1.82) is 0 Å². The van der Waals surface area contributed by atoms with Crippen LogP contribution >= 0.6 is 18.2 Å². The summed E-state index contributed by atoms with van der Waals surface area (Å²) >= 11 is 0.419. The van der Waals surface area contributed by atoms with Crippen molar-refractivity contribution < 1.29 is 38.1 Å². The van der Waals surface area contributed by atoms with Gasteiger partial charge in [-0.15, -0.1) is 0 Å². The molecule has 1 saturated heterocycles. The van der Waals surface area contributed by atoms with Crippen molar-refractivity contribution in [1.82, 2.24) is 19.5 Å². The highest BCUT2D eigenvalue weighted by molar-refractivity contribution is 8.54. The predicted octanol–water partition coefficient (Wildman–Crippen LogP) is 2.21. The number of rotatable bonds is 10. The van der Waals surface area contributed by atoms with Gasteiger partial charge < -0.3 is 29.9 Å². The topological polar surface area (TPSA) is 181 Å². The Labute approximate surface area is 187 Å².